The number of nitrogens with one attached hydrogen (secondary N) is 1. The molecule has 1 N–H and O–H groups in total. The van der Waals surface area contributed by atoms with Crippen LogP contribution in [0.1, 0.15) is 41.1 Å². The van der Waals surface area contributed by atoms with Crippen LogP contribution in [0.4, 0.5) is 0 Å². The molecule has 0 aliphatic carbocycles. The first-order chi connectivity index (χ1) is 15.5. The Morgan fingerprint density at radius 3 is 2.31 bits per heavy atom. The van der Waals surface area contributed by atoms with Crippen LogP contribution in [0, 0.1) is 0 Å². The van der Waals surface area contributed by atoms with Crippen LogP contribution >= 0.6 is 0 Å². The SMILES string of the molecule is CCCCOc1ccc(C(=O)NCC(c2ccco2)S(=O)(=O)c2ccc(OC)cc2)cc1. The van der Waals surface area contributed by atoms with Crippen LogP contribution in [-0.2, 0) is 9.84 Å². The Labute approximate surface area is 188 Å². The zero-order valence-corrected chi connectivity index (χ0v) is 18.9. The molecule has 1 aromatic heterocycles. The molecule has 3 rings (SSSR count). The maximum absolute atomic E-state index is 13.3. The second-order valence-electron chi connectivity index (χ2n) is 7.16. The Hall–Kier alpha value is -3.26. The van der Waals surface area contributed by atoms with Crippen molar-refractivity contribution in [3.05, 3.63) is 78.3 Å². The van der Waals surface area contributed by atoms with E-state index in [9.17, 15) is 13.2 Å². The van der Waals surface area contributed by atoms with E-state index >= 15 is 0 Å². The van der Waals surface area contributed by atoms with E-state index in [1.165, 1.54) is 25.5 Å². The lowest BCUT2D eigenvalue weighted by Gasteiger charge is -2.17. The monoisotopic (exact) mass is 457 g/mol. The molecule has 0 saturated heterocycles. The molecule has 0 fully saturated rings. The number of carbonyl (C=O) groups excluding carboxylic acids is 1. The average Bonchev–Trinajstić information content (AvgIpc) is 3.34. The molecule has 1 amide bonds. The number of benzene rings is 2. The first-order valence-corrected chi connectivity index (χ1v) is 11.9. The number of sulfone groups is 1. The molecule has 0 spiro atoms. The molecular weight excluding hydrogens is 430 g/mol. The van der Waals surface area contributed by atoms with E-state index in [1.54, 1.807) is 48.5 Å². The smallest absolute Gasteiger partial charge is 0.251 e. The van der Waals surface area contributed by atoms with Gasteiger partial charge >= 0.3 is 0 Å². The first kappa shape index (κ1) is 23.4. The Bertz CT molecular complexity index is 1090. The van der Waals surface area contributed by atoms with E-state index in [1.807, 2.05) is 0 Å². The zero-order valence-electron chi connectivity index (χ0n) is 18.1. The quantitative estimate of drug-likeness (QED) is 0.429. The number of methoxy groups -OCH3 is 1. The molecule has 0 radical (unpaired) electrons. The van der Waals surface area contributed by atoms with Gasteiger partial charge < -0.3 is 19.2 Å². The van der Waals surface area contributed by atoms with Gasteiger partial charge in [-0.25, -0.2) is 8.42 Å². The summed E-state index contributed by atoms with van der Waals surface area (Å²) in [6.07, 6.45) is 3.40. The van der Waals surface area contributed by atoms with Crippen LogP contribution in [0.2, 0.25) is 0 Å². The minimum atomic E-state index is -3.83. The molecule has 0 saturated carbocycles. The van der Waals surface area contributed by atoms with Gasteiger partial charge in [0.15, 0.2) is 9.84 Å². The average molecular weight is 458 g/mol. The fourth-order valence-electron chi connectivity index (χ4n) is 3.09. The van der Waals surface area contributed by atoms with E-state index in [2.05, 4.69) is 12.2 Å². The van der Waals surface area contributed by atoms with Crippen molar-refractivity contribution in [2.75, 3.05) is 20.3 Å². The van der Waals surface area contributed by atoms with E-state index in [0.29, 0.717) is 23.7 Å². The topological polar surface area (TPSA) is 94.8 Å². The highest BCUT2D eigenvalue weighted by Gasteiger charge is 2.32. The molecular formula is C24H27NO6S. The molecule has 1 atom stereocenters. The van der Waals surface area contributed by atoms with Gasteiger partial charge in [-0.05, 0) is 67.1 Å². The molecule has 7 nitrogen and oxygen atoms in total. The van der Waals surface area contributed by atoms with Crippen molar-refractivity contribution in [3.63, 3.8) is 0 Å². The van der Waals surface area contributed by atoms with E-state index in [0.717, 1.165) is 12.8 Å². The summed E-state index contributed by atoms with van der Waals surface area (Å²) in [5, 5.41) is 1.64. The van der Waals surface area contributed by atoms with Crippen molar-refractivity contribution >= 4 is 15.7 Å². The zero-order chi connectivity index (χ0) is 23.0. The summed E-state index contributed by atoms with van der Waals surface area (Å²) in [6.45, 7) is 2.56. The molecule has 0 bridgehead atoms. The highest BCUT2D eigenvalue weighted by molar-refractivity contribution is 7.91. The van der Waals surface area contributed by atoms with Crippen molar-refractivity contribution in [1.82, 2.24) is 5.32 Å². The van der Waals surface area contributed by atoms with E-state index < -0.39 is 15.1 Å². The molecule has 0 aliphatic heterocycles. The Balaban J connectivity index is 1.73. The largest absolute Gasteiger partial charge is 0.497 e. The molecule has 2 aromatic carbocycles. The van der Waals surface area contributed by atoms with Crippen LogP contribution in [0.15, 0.2) is 76.2 Å². The van der Waals surface area contributed by atoms with Gasteiger partial charge in [0.1, 0.15) is 22.5 Å². The van der Waals surface area contributed by atoms with Crippen LogP contribution in [0.25, 0.3) is 0 Å². The minimum Gasteiger partial charge on any atom is -0.497 e. The highest BCUT2D eigenvalue weighted by Crippen LogP contribution is 2.30. The molecule has 1 unspecified atom stereocenters. The number of amides is 1. The molecule has 8 heteroatoms. The standard InChI is InChI=1S/C24H27NO6S/c1-3-4-15-30-20-9-7-18(8-10-20)24(26)25-17-23(22-6-5-16-31-22)32(27,28)21-13-11-19(29-2)12-14-21/h5-14,16,23H,3-4,15,17H2,1-2H3,(H,25,26). The van der Waals surface area contributed by atoms with Crippen LogP contribution < -0.4 is 14.8 Å². The third-order valence-corrected chi connectivity index (χ3v) is 7.03. The van der Waals surface area contributed by atoms with Gasteiger partial charge in [0, 0.05) is 12.1 Å². The summed E-state index contributed by atoms with van der Waals surface area (Å²) in [4.78, 5) is 12.8. The van der Waals surface area contributed by atoms with Crippen molar-refractivity contribution in [2.45, 2.75) is 29.9 Å². The number of unbranched alkanes of at least 4 members (excludes halogenated alkanes) is 1. The van der Waals surface area contributed by atoms with Crippen molar-refractivity contribution in [3.8, 4) is 11.5 Å². The predicted octanol–water partition coefficient (Wildman–Crippen LogP) is 4.41. The van der Waals surface area contributed by atoms with Crippen molar-refractivity contribution in [2.24, 2.45) is 0 Å². The second kappa shape index (κ2) is 10.9. The fraction of sp³-hybridized carbons (Fsp3) is 0.292. The molecule has 0 aliphatic rings. The number of hydrogen-bond acceptors (Lipinski definition) is 6. The summed E-state index contributed by atoms with van der Waals surface area (Å²) in [6, 6.07) is 16.1. The van der Waals surface area contributed by atoms with Gasteiger partial charge in [-0.15, -0.1) is 0 Å². The molecule has 3 aromatic rings. The van der Waals surface area contributed by atoms with Gasteiger partial charge in [-0.3, -0.25) is 4.79 Å². The van der Waals surface area contributed by atoms with Gasteiger partial charge in [0.2, 0.25) is 0 Å². The molecule has 32 heavy (non-hydrogen) atoms. The van der Waals surface area contributed by atoms with Crippen LogP contribution in [0.3, 0.4) is 0 Å². The van der Waals surface area contributed by atoms with E-state index in [-0.39, 0.29) is 23.1 Å². The minimum absolute atomic E-state index is 0.113. The lowest BCUT2D eigenvalue weighted by Crippen LogP contribution is -2.31. The summed E-state index contributed by atoms with van der Waals surface area (Å²) in [5.74, 6) is 1.10. The lowest BCUT2D eigenvalue weighted by molar-refractivity contribution is 0.0953. The lowest BCUT2D eigenvalue weighted by atomic mass is 10.2. The number of hydrogen-bond donors (Lipinski definition) is 1. The molecule has 1 heterocycles. The van der Waals surface area contributed by atoms with Gasteiger partial charge in [-0.1, -0.05) is 13.3 Å². The number of carbonyl (C=O) groups is 1. The van der Waals surface area contributed by atoms with Crippen molar-refractivity contribution in [1.29, 1.82) is 0 Å². The maximum atomic E-state index is 13.3. The normalized spacial score (nSPS) is 12.2. The van der Waals surface area contributed by atoms with Crippen molar-refractivity contribution < 1.29 is 27.1 Å². The Morgan fingerprint density at radius 1 is 1.03 bits per heavy atom. The molecule has 170 valence electrons. The predicted molar refractivity (Wildman–Crippen MR) is 121 cm³/mol. The fourth-order valence-corrected chi connectivity index (χ4v) is 4.68. The van der Waals surface area contributed by atoms with Crippen LogP contribution in [-0.4, -0.2) is 34.6 Å². The summed E-state index contributed by atoms with van der Waals surface area (Å²) < 4.78 is 42.6. The first-order valence-electron chi connectivity index (χ1n) is 10.4. The summed E-state index contributed by atoms with van der Waals surface area (Å²) in [5.41, 5.74) is 0.410. The van der Waals surface area contributed by atoms with E-state index in [4.69, 9.17) is 13.9 Å². The number of ether oxygens (including phenoxy) is 2. The van der Waals surface area contributed by atoms with Crippen LogP contribution in [0.5, 0.6) is 11.5 Å². The number of furan rings is 1. The Morgan fingerprint density at radius 2 is 1.72 bits per heavy atom. The second-order valence-corrected chi connectivity index (χ2v) is 9.29. The number of rotatable bonds is 11. The third-order valence-electron chi connectivity index (χ3n) is 4.95. The summed E-state index contributed by atoms with van der Waals surface area (Å²) in [7, 11) is -2.32. The van der Waals surface area contributed by atoms with Gasteiger partial charge in [0.05, 0.1) is 24.9 Å². The van der Waals surface area contributed by atoms with Gasteiger partial charge in [0.25, 0.3) is 5.91 Å². The summed E-state index contributed by atoms with van der Waals surface area (Å²) >= 11 is 0. The maximum Gasteiger partial charge on any atom is 0.251 e. The highest BCUT2D eigenvalue weighted by atomic mass is 32.2. The third kappa shape index (κ3) is 5.70. The van der Waals surface area contributed by atoms with Gasteiger partial charge in [-0.2, -0.15) is 0 Å². The Kier molecular flexibility index (Phi) is 7.94.